The average molecular weight is 179 g/mol. The summed E-state index contributed by atoms with van der Waals surface area (Å²) in [4.78, 5) is 17.4. The van der Waals surface area contributed by atoms with E-state index >= 15 is 0 Å². The van der Waals surface area contributed by atoms with Gasteiger partial charge in [-0.25, -0.2) is 4.98 Å². The Labute approximate surface area is 76.4 Å². The van der Waals surface area contributed by atoms with E-state index in [-0.39, 0.29) is 5.56 Å². The molecular weight excluding hydrogens is 166 g/mol. The molecule has 2 unspecified atom stereocenters. The fraction of sp³-hybridized carbons (Fsp3) is 0.556. The monoisotopic (exact) mass is 179 g/mol. The molecule has 0 bridgehead atoms. The Bertz CT molecular complexity index is 347. The molecule has 4 heteroatoms. The Kier molecular flexibility index (Phi) is 2.04. The summed E-state index contributed by atoms with van der Waals surface area (Å²) in [6.45, 7) is 3.16. The molecule has 1 saturated carbocycles. The lowest BCUT2D eigenvalue weighted by Crippen LogP contribution is -2.11. The number of anilines is 1. The Morgan fingerprint density at radius 3 is 3.15 bits per heavy atom. The molecule has 1 aliphatic carbocycles. The first-order valence-electron chi connectivity index (χ1n) is 4.54. The highest BCUT2D eigenvalue weighted by atomic mass is 16.1. The van der Waals surface area contributed by atoms with E-state index in [4.69, 9.17) is 0 Å². The molecule has 0 spiro atoms. The second kappa shape index (κ2) is 3.20. The first-order chi connectivity index (χ1) is 6.25. The van der Waals surface area contributed by atoms with Gasteiger partial charge in [0, 0.05) is 12.6 Å². The summed E-state index contributed by atoms with van der Waals surface area (Å²) < 4.78 is 0. The summed E-state index contributed by atoms with van der Waals surface area (Å²) in [5.41, 5.74) is -0.110. The predicted octanol–water partition coefficient (Wildman–Crippen LogP) is 0.838. The topological polar surface area (TPSA) is 57.8 Å². The number of nitrogens with one attached hydrogen (secondary N) is 2. The zero-order chi connectivity index (χ0) is 9.26. The van der Waals surface area contributed by atoms with E-state index < -0.39 is 0 Å². The molecule has 1 fully saturated rings. The van der Waals surface area contributed by atoms with Crippen LogP contribution in [-0.4, -0.2) is 16.5 Å². The minimum absolute atomic E-state index is 0.110. The number of aromatic amines is 1. The Morgan fingerprint density at radius 1 is 1.77 bits per heavy atom. The van der Waals surface area contributed by atoms with Crippen LogP contribution in [0.15, 0.2) is 17.2 Å². The minimum atomic E-state index is -0.110. The van der Waals surface area contributed by atoms with Gasteiger partial charge >= 0.3 is 0 Å². The van der Waals surface area contributed by atoms with Crippen molar-refractivity contribution in [2.75, 3.05) is 11.9 Å². The fourth-order valence-electron chi connectivity index (χ4n) is 1.38. The summed E-state index contributed by atoms with van der Waals surface area (Å²) in [6, 6.07) is 1.48. The maximum absolute atomic E-state index is 10.9. The minimum Gasteiger partial charge on any atom is -0.370 e. The van der Waals surface area contributed by atoms with Crippen molar-refractivity contribution >= 4 is 5.82 Å². The van der Waals surface area contributed by atoms with Crippen LogP contribution in [-0.2, 0) is 0 Å². The van der Waals surface area contributed by atoms with Crippen LogP contribution in [0.4, 0.5) is 5.82 Å². The second-order valence-electron chi connectivity index (χ2n) is 3.65. The van der Waals surface area contributed by atoms with Gasteiger partial charge in [-0.05, 0) is 18.3 Å². The first kappa shape index (κ1) is 8.29. The van der Waals surface area contributed by atoms with Gasteiger partial charge in [-0.1, -0.05) is 6.92 Å². The van der Waals surface area contributed by atoms with Gasteiger partial charge in [-0.3, -0.25) is 4.79 Å². The second-order valence-corrected chi connectivity index (χ2v) is 3.65. The van der Waals surface area contributed by atoms with Crippen molar-refractivity contribution in [3.05, 3.63) is 22.7 Å². The molecule has 13 heavy (non-hydrogen) atoms. The maximum atomic E-state index is 10.9. The molecule has 0 aliphatic heterocycles. The van der Waals surface area contributed by atoms with E-state index in [2.05, 4.69) is 22.2 Å². The van der Waals surface area contributed by atoms with Crippen molar-refractivity contribution in [2.24, 2.45) is 11.8 Å². The molecule has 2 rings (SSSR count). The third-order valence-corrected chi connectivity index (χ3v) is 2.50. The smallest absolute Gasteiger partial charge is 0.252 e. The Morgan fingerprint density at radius 2 is 2.54 bits per heavy atom. The van der Waals surface area contributed by atoms with Crippen molar-refractivity contribution in [1.82, 2.24) is 9.97 Å². The molecule has 2 N–H and O–H groups in total. The highest BCUT2D eigenvalue weighted by Crippen LogP contribution is 2.37. The summed E-state index contributed by atoms with van der Waals surface area (Å²) >= 11 is 0. The molecule has 0 aromatic carbocycles. The molecule has 1 aliphatic rings. The van der Waals surface area contributed by atoms with Gasteiger partial charge in [0.2, 0.25) is 0 Å². The number of H-pyrrole nitrogens is 1. The molecule has 1 aromatic heterocycles. The van der Waals surface area contributed by atoms with Crippen molar-refractivity contribution in [3.63, 3.8) is 0 Å². The highest BCUT2D eigenvalue weighted by Gasteiger charge is 2.31. The van der Waals surface area contributed by atoms with E-state index in [9.17, 15) is 4.79 Å². The number of hydrogen-bond donors (Lipinski definition) is 2. The van der Waals surface area contributed by atoms with Crippen molar-refractivity contribution in [2.45, 2.75) is 13.3 Å². The first-order valence-corrected chi connectivity index (χ1v) is 4.54. The highest BCUT2D eigenvalue weighted by molar-refractivity contribution is 5.31. The van der Waals surface area contributed by atoms with Gasteiger partial charge in [0.25, 0.3) is 5.56 Å². The van der Waals surface area contributed by atoms with E-state index in [1.54, 1.807) is 0 Å². The third kappa shape index (κ3) is 2.08. The lowest BCUT2D eigenvalue weighted by Gasteiger charge is -2.02. The summed E-state index contributed by atoms with van der Waals surface area (Å²) in [5.74, 6) is 2.26. The molecule has 1 heterocycles. The molecule has 1 aromatic rings. The predicted molar refractivity (Wildman–Crippen MR) is 50.6 cm³/mol. The van der Waals surface area contributed by atoms with E-state index in [1.807, 2.05) is 0 Å². The van der Waals surface area contributed by atoms with Gasteiger partial charge < -0.3 is 10.3 Å². The zero-order valence-corrected chi connectivity index (χ0v) is 7.58. The fourth-order valence-corrected chi connectivity index (χ4v) is 1.38. The summed E-state index contributed by atoms with van der Waals surface area (Å²) in [5, 5.41) is 3.15. The van der Waals surface area contributed by atoms with E-state index in [0.29, 0.717) is 5.82 Å². The third-order valence-electron chi connectivity index (χ3n) is 2.50. The van der Waals surface area contributed by atoms with E-state index in [1.165, 1.54) is 18.8 Å². The van der Waals surface area contributed by atoms with Gasteiger partial charge in [0.1, 0.15) is 5.82 Å². The Balaban J connectivity index is 1.90. The number of hydrogen-bond acceptors (Lipinski definition) is 3. The van der Waals surface area contributed by atoms with Crippen LogP contribution >= 0.6 is 0 Å². The van der Waals surface area contributed by atoms with Crippen LogP contribution in [0.2, 0.25) is 0 Å². The Hall–Kier alpha value is -1.32. The summed E-state index contributed by atoms with van der Waals surface area (Å²) in [6.07, 6.45) is 2.71. The van der Waals surface area contributed by atoms with Crippen LogP contribution in [0.5, 0.6) is 0 Å². The molecule has 4 nitrogen and oxygen atoms in total. The van der Waals surface area contributed by atoms with Gasteiger partial charge in [-0.2, -0.15) is 0 Å². The van der Waals surface area contributed by atoms with Crippen LogP contribution in [0.3, 0.4) is 0 Å². The molecule has 0 radical (unpaired) electrons. The summed E-state index contributed by atoms with van der Waals surface area (Å²) in [7, 11) is 0. The lowest BCUT2D eigenvalue weighted by molar-refractivity contribution is 0.783. The standard InChI is InChI=1S/C9H13N3O/c1-6-2-7(6)4-10-8-3-9(13)12-5-11-8/h3,5-7H,2,4H2,1H3,(H2,10,11,12,13). The maximum Gasteiger partial charge on any atom is 0.252 e. The largest absolute Gasteiger partial charge is 0.370 e. The van der Waals surface area contributed by atoms with Gasteiger partial charge in [-0.15, -0.1) is 0 Å². The van der Waals surface area contributed by atoms with Crippen molar-refractivity contribution in [1.29, 1.82) is 0 Å². The molecule has 2 atom stereocenters. The van der Waals surface area contributed by atoms with Crippen LogP contribution in [0.25, 0.3) is 0 Å². The van der Waals surface area contributed by atoms with Gasteiger partial charge in [0.05, 0.1) is 6.33 Å². The molecule has 0 saturated heterocycles. The van der Waals surface area contributed by atoms with E-state index in [0.717, 1.165) is 18.4 Å². The number of nitrogens with zero attached hydrogens (tertiary/aromatic N) is 1. The normalized spacial score (nSPS) is 25.6. The number of rotatable bonds is 3. The number of aromatic nitrogens is 2. The molecular formula is C9H13N3O. The van der Waals surface area contributed by atoms with Crippen LogP contribution < -0.4 is 10.9 Å². The van der Waals surface area contributed by atoms with Crippen LogP contribution in [0.1, 0.15) is 13.3 Å². The average Bonchev–Trinajstić information content (AvgIpc) is 2.79. The molecule has 0 amide bonds. The van der Waals surface area contributed by atoms with Crippen molar-refractivity contribution < 1.29 is 0 Å². The SMILES string of the molecule is CC1CC1CNc1cc(=O)[nH]cn1. The zero-order valence-electron chi connectivity index (χ0n) is 7.58. The van der Waals surface area contributed by atoms with Gasteiger partial charge in [0.15, 0.2) is 0 Å². The lowest BCUT2D eigenvalue weighted by atomic mass is 10.3. The van der Waals surface area contributed by atoms with Crippen molar-refractivity contribution in [3.8, 4) is 0 Å². The quantitative estimate of drug-likeness (QED) is 0.722. The molecule has 70 valence electrons. The van der Waals surface area contributed by atoms with Crippen LogP contribution in [0, 0.1) is 11.8 Å².